The Morgan fingerprint density at radius 2 is 2.24 bits per heavy atom. The summed E-state index contributed by atoms with van der Waals surface area (Å²) in [7, 11) is 1.44. The van der Waals surface area contributed by atoms with Gasteiger partial charge in [-0.2, -0.15) is 0 Å². The lowest BCUT2D eigenvalue weighted by Crippen LogP contribution is -2.58. The number of hydrogen-bond donors (Lipinski definition) is 0. The van der Waals surface area contributed by atoms with Gasteiger partial charge >= 0.3 is 5.97 Å². The fourth-order valence-corrected chi connectivity index (χ4v) is 5.03. The third-order valence-corrected chi connectivity index (χ3v) is 6.28. The van der Waals surface area contributed by atoms with Crippen LogP contribution in [-0.2, 0) is 14.3 Å². The number of hydrogen-bond acceptors (Lipinski definition) is 4. The molecule has 0 amide bonds. The van der Waals surface area contributed by atoms with Crippen LogP contribution in [0, 0.1) is 17.3 Å². The zero-order valence-electron chi connectivity index (χ0n) is 10.7. The molecule has 0 unspecified atom stereocenters. The number of carbonyl (C=O) groups excluding carboxylic acids is 1. The summed E-state index contributed by atoms with van der Waals surface area (Å²) < 4.78 is 10.7. The van der Waals surface area contributed by atoms with E-state index in [1.54, 1.807) is 11.8 Å². The van der Waals surface area contributed by atoms with E-state index >= 15 is 0 Å². The molecule has 1 saturated heterocycles. The molecule has 4 aliphatic rings. The topological polar surface area (TPSA) is 38.8 Å². The third-order valence-electron chi connectivity index (χ3n) is 5.18. The van der Waals surface area contributed by atoms with Crippen molar-refractivity contribution in [3.8, 4) is 0 Å². The standard InChI is InChI=1S/C13H20O3S/c1-12(2)8-4-9(12)13(10(5-8)16-13)7-17-6-11(14)15-3/h8-10H,4-7H2,1-3H3/t8-,9-,10+,13-/m1/s1. The van der Waals surface area contributed by atoms with Crippen LogP contribution in [0.2, 0.25) is 0 Å². The van der Waals surface area contributed by atoms with Crippen molar-refractivity contribution in [3.05, 3.63) is 0 Å². The summed E-state index contributed by atoms with van der Waals surface area (Å²) in [5.74, 6) is 2.83. The van der Waals surface area contributed by atoms with Crippen LogP contribution in [0.4, 0.5) is 0 Å². The molecule has 17 heavy (non-hydrogen) atoms. The molecule has 3 aliphatic carbocycles. The summed E-state index contributed by atoms with van der Waals surface area (Å²) in [6.45, 7) is 4.74. The minimum absolute atomic E-state index is 0.0942. The SMILES string of the molecule is COC(=O)CSC[C@]12O[C@H]1C[C@H]1C[C@@H]2C1(C)C. The van der Waals surface area contributed by atoms with E-state index < -0.39 is 0 Å². The van der Waals surface area contributed by atoms with E-state index in [9.17, 15) is 4.79 Å². The van der Waals surface area contributed by atoms with Crippen molar-refractivity contribution in [2.45, 2.75) is 38.4 Å². The number of ether oxygens (including phenoxy) is 2. The molecule has 3 saturated carbocycles. The highest BCUT2D eigenvalue weighted by atomic mass is 32.2. The summed E-state index contributed by atoms with van der Waals surface area (Å²) in [4.78, 5) is 11.1. The van der Waals surface area contributed by atoms with Gasteiger partial charge in [0.15, 0.2) is 0 Å². The summed E-state index contributed by atoms with van der Waals surface area (Å²) in [6.07, 6.45) is 3.02. The monoisotopic (exact) mass is 256 g/mol. The molecule has 0 spiro atoms. The number of thioether (sulfide) groups is 1. The van der Waals surface area contributed by atoms with E-state index in [4.69, 9.17) is 4.74 Å². The van der Waals surface area contributed by atoms with E-state index in [2.05, 4.69) is 18.6 Å². The van der Waals surface area contributed by atoms with Crippen molar-refractivity contribution in [2.24, 2.45) is 17.3 Å². The predicted octanol–water partition coefficient (Wildman–Crippen LogP) is 2.10. The number of carbonyl (C=O) groups is 1. The Kier molecular flexibility index (Phi) is 2.54. The molecule has 0 aromatic carbocycles. The molecule has 1 heterocycles. The molecule has 1 aliphatic heterocycles. The van der Waals surface area contributed by atoms with Gasteiger partial charge < -0.3 is 9.47 Å². The maximum absolute atomic E-state index is 11.1. The number of rotatable bonds is 4. The van der Waals surface area contributed by atoms with Gasteiger partial charge in [-0.1, -0.05) is 13.8 Å². The first kappa shape index (κ1) is 11.8. The van der Waals surface area contributed by atoms with Crippen LogP contribution in [-0.4, -0.2) is 36.3 Å². The molecule has 2 bridgehead atoms. The molecule has 4 atom stereocenters. The summed E-state index contributed by atoms with van der Waals surface area (Å²) in [5, 5.41) is 0. The molecular weight excluding hydrogens is 236 g/mol. The van der Waals surface area contributed by atoms with E-state index in [1.165, 1.54) is 20.0 Å². The van der Waals surface area contributed by atoms with Crippen LogP contribution in [0.15, 0.2) is 0 Å². The fraction of sp³-hybridized carbons (Fsp3) is 0.923. The molecule has 4 fully saturated rings. The molecule has 0 aromatic rings. The van der Waals surface area contributed by atoms with Crippen LogP contribution >= 0.6 is 11.8 Å². The average Bonchev–Trinajstić information content (AvgIpc) is 3.02. The fourth-order valence-electron chi connectivity index (χ4n) is 3.87. The Hall–Kier alpha value is -0.220. The second-order valence-corrected chi connectivity index (χ2v) is 7.16. The van der Waals surface area contributed by atoms with Crippen LogP contribution in [0.1, 0.15) is 26.7 Å². The van der Waals surface area contributed by atoms with Gasteiger partial charge in [-0.15, -0.1) is 11.8 Å². The van der Waals surface area contributed by atoms with Gasteiger partial charge in [0.25, 0.3) is 0 Å². The Morgan fingerprint density at radius 3 is 2.88 bits per heavy atom. The number of epoxide rings is 1. The zero-order chi connectivity index (χ0) is 12.3. The Balaban J connectivity index is 1.59. The largest absolute Gasteiger partial charge is 0.468 e. The lowest BCUT2D eigenvalue weighted by Gasteiger charge is -2.58. The van der Waals surface area contributed by atoms with Crippen molar-refractivity contribution in [1.82, 2.24) is 0 Å². The van der Waals surface area contributed by atoms with Gasteiger partial charge in [0.05, 0.1) is 19.0 Å². The first-order chi connectivity index (χ1) is 8.00. The van der Waals surface area contributed by atoms with Gasteiger partial charge in [-0.05, 0) is 30.1 Å². The van der Waals surface area contributed by atoms with E-state index in [1.807, 2.05) is 0 Å². The lowest BCUT2D eigenvalue weighted by atomic mass is 9.46. The second kappa shape index (κ2) is 3.64. The first-order valence-electron chi connectivity index (χ1n) is 6.33. The van der Waals surface area contributed by atoms with Gasteiger partial charge in [-0.3, -0.25) is 4.79 Å². The average molecular weight is 256 g/mol. The van der Waals surface area contributed by atoms with Crippen molar-refractivity contribution in [2.75, 3.05) is 18.6 Å². The summed E-state index contributed by atoms with van der Waals surface area (Å²) >= 11 is 1.66. The maximum Gasteiger partial charge on any atom is 0.315 e. The first-order valence-corrected chi connectivity index (χ1v) is 7.48. The maximum atomic E-state index is 11.1. The minimum Gasteiger partial charge on any atom is -0.468 e. The van der Waals surface area contributed by atoms with Crippen molar-refractivity contribution in [1.29, 1.82) is 0 Å². The van der Waals surface area contributed by atoms with Crippen molar-refractivity contribution < 1.29 is 14.3 Å². The van der Waals surface area contributed by atoms with Gasteiger partial charge in [0, 0.05) is 5.75 Å². The van der Waals surface area contributed by atoms with Crippen LogP contribution < -0.4 is 0 Å². The predicted molar refractivity (Wildman–Crippen MR) is 66.9 cm³/mol. The minimum atomic E-state index is -0.134. The van der Waals surface area contributed by atoms with E-state index in [0.29, 0.717) is 23.2 Å². The summed E-state index contributed by atoms with van der Waals surface area (Å²) in [6, 6.07) is 0. The molecule has 0 radical (unpaired) electrons. The normalized spacial score (nSPS) is 44.5. The number of methoxy groups -OCH3 is 1. The molecular formula is C13H20O3S. The highest BCUT2D eigenvalue weighted by Gasteiger charge is 2.74. The molecule has 0 N–H and O–H groups in total. The Labute approximate surface area is 107 Å². The quantitative estimate of drug-likeness (QED) is 0.570. The van der Waals surface area contributed by atoms with Gasteiger partial charge in [-0.25, -0.2) is 0 Å². The molecule has 3 nitrogen and oxygen atoms in total. The van der Waals surface area contributed by atoms with Gasteiger partial charge in [0.1, 0.15) is 5.60 Å². The molecule has 0 aromatic heterocycles. The third kappa shape index (κ3) is 1.56. The van der Waals surface area contributed by atoms with Crippen LogP contribution in [0.3, 0.4) is 0 Å². The van der Waals surface area contributed by atoms with Crippen molar-refractivity contribution >= 4 is 17.7 Å². The zero-order valence-corrected chi connectivity index (χ0v) is 11.5. The van der Waals surface area contributed by atoms with Crippen LogP contribution in [0.5, 0.6) is 0 Å². The second-order valence-electron chi connectivity index (χ2n) is 6.17. The highest BCUT2D eigenvalue weighted by molar-refractivity contribution is 8.00. The smallest absolute Gasteiger partial charge is 0.315 e. The Bertz CT molecular complexity index is 355. The summed E-state index contributed by atoms with van der Waals surface area (Å²) in [5.41, 5.74) is 0.537. The molecule has 4 heteroatoms. The Morgan fingerprint density at radius 1 is 1.47 bits per heavy atom. The number of esters is 1. The van der Waals surface area contributed by atoms with Gasteiger partial charge in [0.2, 0.25) is 0 Å². The highest BCUT2D eigenvalue weighted by Crippen LogP contribution is 2.70. The van der Waals surface area contributed by atoms with Crippen LogP contribution in [0.25, 0.3) is 0 Å². The van der Waals surface area contributed by atoms with E-state index in [0.717, 1.165) is 11.7 Å². The lowest BCUT2D eigenvalue weighted by molar-refractivity contribution is -0.137. The molecule has 4 rings (SSSR count). The van der Waals surface area contributed by atoms with Crippen molar-refractivity contribution in [3.63, 3.8) is 0 Å². The molecule has 96 valence electrons. The van der Waals surface area contributed by atoms with E-state index in [-0.39, 0.29) is 11.6 Å².